The molecule has 0 bridgehead atoms. The zero-order chi connectivity index (χ0) is 33.0. The number of nitrogens with zero attached hydrogens (tertiary/aromatic N) is 1. The minimum atomic E-state index is 1.23. The van der Waals surface area contributed by atoms with Gasteiger partial charge in [-0.2, -0.15) is 0 Å². The number of pyridine rings is 1. The fourth-order valence-corrected chi connectivity index (χ4v) is 7.43. The molecule has 1 heteroatoms. The number of hydrogen-bond acceptors (Lipinski definition) is 0. The van der Waals surface area contributed by atoms with Gasteiger partial charge >= 0.3 is 0 Å². The number of hydrogen-bond donors (Lipinski definition) is 0. The highest BCUT2D eigenvalue weighted by atomic mass is 15.0. The predicted molar refractivity (Wildman–Crippen MR) is 208 cm³/mol. The van der Waals surface area contributed by atoms with E-state index in [0.717, 1.165) is 0 Å². The molecular formula is C45H86N+. The lowest BCUT2D eigenvalue weighted by molar-refractivity contribution is -0.705. The molecule has 0 fully saturated rings. The van der Waals surface area contributed by atoms with E-state index in [4.69, 9.17) is 0 Å². The third kappa shape index (κ3) is 27.1. The van der Waals surface area contributed by atoms with E-state index in [9.17, 15) is 0 Å². The van der Waals surface area contributed by atoms with E-state index >= 15 is 0 Å². The second-order valence-corrected chi connectivity index (χ2v) is 15.1. The summed E-state index contributed by atoms with van der Waals surface area (Å²) < 4.78 is 2.67. The van der Waals surface area contributed by atoms with Gasteiger partial charge in [-0.3, -0.25) is 0 Å². The standard InChI is InChI=1S/C45H86N/c1-4-7-10-13-16-18-20-22-24-26-28-30-32-35-39-44-40-38-43-46(42-37-34-15-12-9-6-3)45(44)41-36-33-31-29-27-25-23-21-19-17-14-11-8-5-2/h38,40,43H,4-37,39,41-42H2,1-3H3/q+1. The SMILES string of the molecule is CCCCCCCCCCCCCCCCc1ccc[n+](CCCCCCCC)c1CCCCCCCCCCCCCCCC. The van der Waals surface area contributed by atoms with Crippen molar-refractivity contribution in [2.24, 2.45) is 0 Å². The Morgan fingerprint density at radius 3 is 1.02 bits per heavy atom. The van der Waals surface area contributed by atoms with Gasteiger partial charge in [0.15, 0.2) is 11.9 Å². The number of aryl methyl sites for hydroxylation is 2. The van der Waals surface area contributed by atoms with Gasteiger partial charge in [0.2, 0.25) is 0 Å². The summed E-state index contributed by atoms with van der Waals surface area (Å²) in [6.07, 6.45) is 53.8. The minimum absolute atomic E-state index is 1.23. The van der Waals surface area contributed by atoms with Gasteiger partial charge in [0.25, 0.3) is 0 Å². The molecule has 0 unspecified atom stereocenters. The quantitative estimate of drug-likeness (QED) is 0.0503. The summed E-state index contributed by atoms with van der Waals surface area (Å²) in [6, 6.07) is 4.82. The molecular weight excluding hydrogens is 555 g/mol. The average Bonchev–Trinajstić information content (AvgIpc) is 3.07. The molecule has 0 spiro atoms. The van der Waals surface area contributed by atoms with Gasteiger partial charge in [-0.25, -0.2) is 4.57 Å². The maximum absolute atomic E-state index is 2.67. The van der Waals surface area contributed by atoms with Gasteiger partial charge in [0.1, 0.15) is 6.54 Å². The van der Waals surface area contributed by atoms with Crippen molar-refractivity contribution in [3.05, 3.63) is 29.6 Å². The first-order valence-electron chi connectivity index (χ1n) is 21.8. The van der Waals surface area contributed by atoms with Gasteiger partial charge in [0, 0.05) is 24.5 Å². The topological polar surface area (TPSA) is 3.88 Å². The molecule has 270 valence electrons. The van der Waals surface area contributed by atoms with Crippen molar-refractivity contribution in [2.75, 3.05) is 0 Å². The minimum Gasteiger partial charge on any atom is -0.202 e. The van der Waals surface area contributed by atoms with Crippen molar-refractivity contribution in [1.82, 2.24) is 0 Å². The first-order chi connectivity index (χ1) is 22.8. The summed E-state index contributed by atoms with van der Waals surface area (Å²) >= 11 is 0. The largest absolute Gasteiger partial charge is 0.202 e. The summed E-state index contributed by atoms with van der Waals surface area (Å²) in [5, 5.41) is 0. The fraction of sp³-hybridized carbons (Fsp3) is 0.889. The Morgan fingerprint density at radius 2 is 0.652 bits per heavy atom. The molecule has 0 aliphatic carbocycles. The highest BCUT2D eigenvalue weighted by molar-refractivity contribution is 5.16. The maximum atomic E-state index is 2.67. The molecule has 0 radical (unpaired) electrons. The monoisotopic (exact) mass is 641 g/mol. The summed E-state index contributed by atoms with van der Waals surface area (Å²) in [5.41, 5.74) is 3.35. The average molecular weight is 641 g/mol. The molecule has 0 N–H and O–H groups in total. The van der Waals surface area contributed by atoms with Crippen LogP contribution in [0, 0.1) is 0 Å². The lowest BCUT2D eigenvalue weighted by Gasteiger charge is -2.11. The Balaban J connectivity index is 2.29. The Kier molecular flexibility index (Phi) is 33.3. The van der Waals surface area contributed by atoms with Crippen LogP contribution in [-0.4, -0.2) is 0 Å². The number of rotatable bonds is 37. The van der Waals surface area contributed by atoms with Gasteiger partial charge in [-0.1, -0.05) is 213 Å². The van der Waals surface area contributed by atoms with E-state index in [1.807, 2.05) is 0 Å². The van der Waals surface area contributed by atoms with Crippen LogP contribution in [0.3, 0.4) is 0 Å². The summed E-state index contributed by atoms with van der Waals surface area (Å²) in [7, 11) is 0. The normalized spacial score (nSPS) is 11.5. The smallest absolute Gasteiger partial charge is 0.184 e. The highest BCUT2D eigenvalue weighted by Crippen LogP contribution is 2.18. The van der Waals surface area contributed by atoms with Crippen molar-refractivity contribution >= 4 is 0 Å². The molecule has 0 atom stereocenters. The third-order valence-corrected chi connectivity index (χ3v) is 10.6. The van der Waals surface area contributed by atoms with Crippen LogP contribution < -0.4 is 4.57 Å². The summed E-state index contributed by atoms with van der Waals surface area (Å²) in [4.78, 5) is 0. The molecule has 0 aromatic carbocycles. The van der Waals surface area contributed by atoms with Crippen LogP contribution in [0.1, 0.15) is 250 Å². The molecule has 0 amide bonds. The Labute approximate surface area is 291 Å². The van der Waals surface area contributed by atoms with E-state index in [0.29, 0.717) is 0 Å². The molecule has 1 aromatic heterocycles. The van der Waals surface area contributed by atoms with Crippen molar-refractivity contribution < 1.29 is 4.57 Å². The van der Waals surface area contributed by atoms with Gasteiger partial charge in [-0.05, 0) is 31.7 Å². The Bertz CT molecular complexity index is 724. The summed E-state index contributed by atoms with van der Waals surface area (Å²) in [6.45, 7) is 8.18. The lowest BCUT2D eigenvalue weighted by Crippen LogP contribution is -2.39. The summed E-state index contributed by atoms with van der Waals surface area (Å²) in [5.74, 6) is 0. The van der Waals surface area contributed by atoms with Crippen molar-refractivity contribution in [3.8, 4) is 0 Å². The van der Waals surface area contributed by atoms with Crippen LogP contribution in [0.2, 0.25) is 0 Å². The van der Waals surface area contributed by atoms with Gasteiger partial charge in [0.05, 0.1) is 0 Å². The molecule has 0 aliphatic heterocycles. The molecule has 1 nitrogen and oxygen atoms in total. The molecule has 0 saturated carbocycles. The van der Waals surface area contributed by atoms with Crippen LogP contribution in [0.15, 0.2) is 18.3 Å². The second-order valence-electron chi connectivity index (χ2n) is 15.1. The fourth-order valence-electron chi connectivity index (χ4n) is 7.43. The molecule has 0 aliphatic rings. The van der Waals surface area contributed by atoms with Crippen LogP contribution in [0.4, 0.5) is 0 Å². The number of aromatic nitrogens is 1. The maximum Gasteiger partial charge on any atom is 0.184 e. The van der Waals surface area contributed by atoms with E-state index in [-0.39, 0.29) is 0 Å². The predicted octanol–water partition coefficient (Wildman–Crippen LogP) is 15.4. The van der Waals surface area contributed by atoms with E-state index in [1.54, 1.807) is 11.3 Å². The molecule has 1 heterocycles. The van der Waals surface area contributed by atoms with Gasteiger partial charge in [-0.15, -0.1) is 0 Å². The van der Waals surface area contributed by atoms with Crippen LogP contribution in [0.25, 0.3) is 0 Å². The first-order valence-corrected chi connectivity index (χ1v) is 21.8. The van der Waals surface area contributed by atoms with Crippen LogP contribution in [-0.2, 0) is 19.4 Å². The Morgan fingerprint density at radius 1 is 0.348 bits per heavy atom. The Hall–Kier alpha value is -0.850. The lowest BCUT2D eigenvalue weighted by atomic mass is 9.99. The zero-order valence-corrected chi connectivity index (χ0v) is 32.3. The van der Waals surface area contributed by atoms with Gasteiger partial charge < -0.3 is 0 Å². The van der Waals surface area contributed by atoms with Crippen LogP contribution in [0.5, 0.6) is 0 Å². The first kappa shape index (κ1) is 43.2. The molecule has 0 saturated heterocycles. The van der Waals surface area contributed by atoms with E-state index in [1.165, 1.54) is 238 Å². The van der Waals surface area contributed by atoms with Crippen molar-refractivity contribution in [1.29, 1.82) is 0 Å². The van der Waals surface area contributed by atoms with Crippen molar-refractivity contribution in [3.63, 3.8) is 0 Å². The molecule has 1 aromatic rings. The van der Waals surface area contributed by atoms with Crippen molar-refractivity contribution in [2.45, 2.75) is 258 Å². The zero-order valence-electron chi connectivity index (χ0n) is 32.3. The van der Waals surface area contributed by atoms with E-state index < -0.39 is 0 Å². The third-order valence-electron chi connectivity index (χ3n) is 10.6. The molecule has 1 rings (SSSR count). The van der Waals surface area contributed by atoms with E-state index in [2.05, 4.69) is 43.7 Å². The van der Waals surface area contributed by atoms with Crippen LogP contribution >= 0.6 is 0 Å². The highest BCUT2D eigenvalue weighted by Gasteiger charge is 2.15. The second kappa shape index (κ2) is 35.5. The number of unbranched alkanes of at least 4 members (excludes halogenated alkanes) is 31. The molecule has 46 heavy (non-hydrogen) atoms.